The van der Waals surface area contributed by atoms with Crippen molar-refractivity contribution in [1.82, 2.24) is 13.5 Å². The molecule has 10 heteroatoms. The first-order chi connectivity index (χ1) is 19.9. The summed E-state index contributed by atoms with van der Waals surface area (Å²) in [5.74, 6) is 0.754. The average Bonchev–Trinajstić information content (AvgIpc) is 3.53. The molecule has 0 aliphatic heterocycles. The SMILES string of the molecule is CC1=CC(C)(S(=O)(=O)n2ccc3c(Cc4nc5ccc(C#N)cc5n4COCC[Si](C)(C)C)ccc(CO)c32)CC=C1. The Bertz CT molecular complexity index is 1870. The molecule has 2 aromatic heterocycles. The van der Waals surface area contributed by atoms with Crippen molar-refractivity contribution in [2.45, 2.75) is 70.5 Å². The van der Waals surface area contributed by atoms with E-state index in [1.807, 2.05) is 47.9 Å². The van der Waals surface area contributed by atoms with E-state index in [9.17, 15) is 18.8 Å². The molecule has 1 N–H and O–H groups in total. The van der Waals surface area contributed by atoms with Crippen molar-refractivity contribution in [2.75, 3.05) is 6.61 Å². The summed E-state index contributed by atoms with van der Waals surface area (Å²) in [4.78, 5) is 4.90. The van der Waals surface area contributed by atoms with Crippen molar-refractivity contribution >= 4 is 40.0 Å². The van der Waals surface area contributed by atoms with Gasteiger partial charge in [0.15, 0.2) is 0 Å². The lowest BCUT2D eigenvalue weighted by molar-refractivity contribution is 0.0881. The van der Waals surface area contributed by atoms with Gasteiger partial charge in [-0.1, -0.05) is 55.6 Å². The van der Waals surface area contributed by atoms with Crippen LogP contribution in [0.25, 0.3) is 21.9 Å². The lowest BCUT2D eigenvalue weighted by Gasteiger charge is -2.29. The topological polar surface area (TPSA) is 110 Å². The maximum absolute atomic E-state index is 14.1. The first-order valence-electron chi connectivity index (χ1n) is 14.2. The summed E-state index contributed by atoms with van der Waals surface area (Å²) in [6.07, 6.45) is 8.01. The Morgan fingerprint density at radius 1 is 1.17 bits per heavy atom. The highest BCUT2D eigenvalue weighted by Crippen LogP contribution is 2.35. The van der Waals surface area contributed by atoms with Crippen molar-refractivity contribution in [3.05, 3.63) is 88.9 Å². The third kappa shape index (κ3) is 5.62. The summed E-state index contributed by atoms with van der Waals surface area (Å²) in [6.45, 7) is 11.2. The second kappa shape index (κ2) is 11.3. The van der Waals surface area contributed by atoms with Crippen LogP contribution in [-0.2, 0) is 34.5 Å². The lowest BCUT2D eigenvalue weighted by Crippen LogP contribution is -2.38. The van der Waals surface area contributed by atoms with Gasteiger partial charge in [-0.2, -0.15) is 5.26 Å². The number of aliphatic hydroxyl groups is 1. The minimum Gasteiger partial charge on any atom is -0.392 e. The summed E-state index contributed by atoms with van der Waals surface area (Å²) in [6, 6.07) is 14.2. The van der Waals surface area contributed by atoms with E-state index in [1.54, 1.807) is 31.3 Å². The van der Waals surface area contributed by atoms with E-state index in [4.69, 9.17) is 9.72 Å². The number of allylic oxidation sites excluding steroid dienone is 3. The number of ether oxygens (including phenoxy) is 1. The Morgan fingerprint density at radius 3 is 2.62 bits per heavy atom. The smallest absolute Gasteiger partial charge is 0.248 e. The summed E-state index contributed by atoms with van der Waals surface area (Å²) in [5, 5.41) is 20.5. The standard InChI is InChI=1S/C32H38N4O4SSi/c1-23-7-6-13-32(2,19-23)41(38,39)36-14-12-27-25(9-10-26(21-37)31(27)36)18-30-34-28-11-8-24(20-33)17-29(28)35(30)22-40-15-16-42(3,4)5/h6-12,14,17,19,37H,13,15-16,18,21-22H2,1-5H3. The highest BCUT2D eigenvalue weighted by molar-refractivity contribution is 7.91. The average molecular weight is 603 g/mol. The van der Waals surface area contributed by atoms with E-state index in [1.165, 1.54) is 3.97 Å². The second-order valence-electron chi connectivity index (χ2n) is 12.5. The lowest BCUT2D eigenvalue weighted by atomic mass is 9.98. The van der Waals surface area contributed by atoms with Crippen LogP contribution in [0.2, 0.25) is 25.7 Å². The summed E-state index contributed by atoms with van der Waals surface area (Å²) in [5.41, 5.74) is 4.94. The van der Waals surface area contributed by atoms with E-state index >= 15 is 0 Å². The van der Waals surface area contributed by atoms with Crippen LogP contribution in [0.15, 0.2) is 66.4 Å². The van der Waals surface area contributed by atoms with Crippen LogP contribution in [0, 0.1) is 11.3 Å². The van der Waals surface area contributed by atoms with E-state index in [2.05, 4.69) is 25.7 Å². The number of hydrogen-bond acceptors (Lipinski definition) is 6. The number of benzene rings is 2. The van der Waals surface area contributed by atoms with Gasteiger partial charge in [0.1, 0.15) is 17.3 Å². The van der Waals surface area contributed by atoms with Gasteiger partial charge in [0.05, 0.1) is 34.8 Å². The van der Waals surface area contributed by atoms with Crippen molar-refractivity contribution < 1.29 is 18.3 Å². The number of aromatic nitrogens is 3. The Balaban J connectivity index is 1.58. The van der Waals surface area contributed by atoms with E-state index in [0.29, 0.717) is 42.8 Å². The zero-order valence-electron chi connectivity index (χ0n) is 24.9. The predicted molar refractivity (Wildman–Crippen MR) is 169 cm³/mol. The molecule has 0 fully saturated rings. The predicted octanol–water partition coefficient (Wildman–Crippen LogP) is 6.10. The molecule has 4 aromatic rings. The van der Waals surface area contributed by atoms with Crippen LogP contribution in [0.1, 0.15) is 42.8 Å². The molecule has 0 saturated heterocycles. The maximum Gasteiger partial charge on any atom is 0.248 e. The highest BCUT2D eigenvalue weighted by Gasteiger charge is 2.39. The molecule has 42 heavy (non-hydrogen) atoms. The van der Waals surface area contributed by atoms with Gasteiger partial charge in [-0.25, -0.2) is 17.4 Å². The minimum atomic E-state index is -3.85. The zero-order chi connectivity index (χ0) is 30.3. The van der Waals surface area contributed by atoms with Crippen molar-refractivity contribution in [1.29, 1.82) is 5.26 Å². The van der Waals surface area contributed by atoms with Gasteiger partial charge in [-0.15, -0.1) is 0 Å². The summed E-state index contributed by atoms with van der Waals surface area (Å²) in [7, 11) is -5.12. The third-order valence-electron chi connectivity index (χ3n) is 7.97. The van der Waals surface area contributed by atoms with Gasteiger partial charge in [0.2, 0.25) is 10.0 Å². The van der Waals surface area contributed by atoms with Gasteiger partial charge in [0, 0.05) is 38.2 Å². The summed E-state index contributed by atoms with van der Waals surface area (Å²) < 4.78 is 36.5. The number of rotatable bonds is 10. The van der Waals surface area contributed by atoms with Gasteiger partial charge in [-0.05, 0) is 56.1 Å². The minimum absolute atomic E-state index is 0.290. The zero-order valence-corrected chi connectivity index (χ0v) is 26.7. The van der Waals surface area contributed by atoms with Crippen LogP contribution >= 0.6 is 0 Å². The van der Waals surface area contributed by atoms with Crippen LogP contribution in [0.3, 0.4) is 0 Å². The van der Waals surface area contributed by atoms with Crippen LogP contribution in [0.5, 0.6) is 0 Å². The fraction of sp³-hybridized carbons (Fsp3) is 0.375. The first-order valence-corrected chi connectivity index (χ1v) is 19.3. The molecule has 2 heterocycles. The van der Waals surface area contributed by atoms with Gasteiger partial charge >= 0.3 is 0 Å². The van der Waals surface area contributed by atoms with Crippen molar-refractivity contribution in [3.8, 4) is 6.07 Å². The van der Waals surface area contributed by atoms with Crippen LogP contribution in [0.4, 0.5) is 0 Å². The molecule has 0 radical (unpaired) electrons. The van der Waals surface area contributed by atoms with Crippen LogP contribution < -0.4 is 0 Å². The molecule has 1 atom stereocenters. The van der Waals surface area contributed by atoms with Crippen LogP contribution in [-0.4, -0.2) is 46.5 Å². The fourth-order valence-corrected chi connectivity index (χ4v) is 8.06. The number of nitrogens with zero attached hydrogens (tertiary/aromatic N) is 4. The fourth-order valence-electron chi connectivity index (χ4n) is 5.54. The molecule has 0 spiro atoms. The molecular formula is C32H38N4O4SSi. The van der Waals surface area contributed by atoms with E-state index in [0.717, 1.165) is 39.4 Å². The molecule has 2 aromatic carbocycles. The molecule has 1 aliphatic carbocycles. The van der Waals surface area contributed by atoms with Gasteiger partial charge in [0.25, 0.3) is 0 Å². The van der Waals surface area contributed by atoms with Gasteiger partial charge < -0.3 is 14.4 Å². The largest absolute Gasteiger partial charge is 0.392 e. The number of fused-ring (bicyclic) bond motifs is 2. The first kappa shape index (κ1) is 30.0. The van der Waals surface area contributed by atoms with Gasteiger partial charge in [-0.3, -0.25) is 0 Å². The Labute approximate surface area is 248 Å². The molecule has 0 saturated carbocycles. The molecule has 220 valence electrons. The molecule has 1 unspecified atom stereocenters. The normalized spacial score (nSPS) is 17.6. The molecule has 8 nitrogen and oxygen atoms in total. The molecule has 0 bridgehead atoms. The van der Waals surface area contributed by atoms with Crippen molar-refractivity contribution in [3.63, 3.8) is 0 Å². The Hall–Kier alpha value is -3.49. The Morgan fingerprint density at radius 2 is 1.93 bits per heavy atom. The quantitative estimate of drug-likeness (QED) is 0.173. The van der Waals surface area contributed by atoms with E-state index < -0.39 is 22.8 Å². The number of hydrogen-bond donors (Lipinski definition) is 1. The molecule has 0 amide bonds. The number of imidazole rings is 1. The third-order valence-corrected chi connectivity index (χ3v) is 12.0. The maximum atomic E-state index is 14.1. The highest BCUT2D eigenvalue weighted by atomic mass is 32.2. The molecule has 1 aliphatic rings. The molecule has 5 rings (SSSR count). The Kier molecular flexibility index (Phi) is 8.07. The second-order valence-corrected chi connectivity index (χ2v) is 20.4. The van der Waals surface area contributed by atoms with E-state index in [-0.39, 0.29) is 6.61 Å². The van der Waals surface area contributed by atoms with Crippen molar-refractivity contribution in [2.24, 2.45) is 0 Å². The molecular weight excluding hydrogens is 565 g/mol. The number of nitriles is 1. The number of aliphatic hydroxyl groups excluding tert-OH is 1. The monoisotopic (exact) mass is 602 g/mol. The summed E-state index contributed by atoms with van der Waals surface area (Å²) >= 11 is 0.